The average molecular weight is 308 g/mol. The highest BCUT2D eigenvalue weighted by Crippen LogP contribution is 2.32. The summed E-state index contributed by atoms with van der Waals surface area (Å²) in [6.07, 6.45) is 3.46. The number of aliphatic hydroxyl groups is 1. The number of fused-ring (bicyclic) bond motifs is 1. The lowest BCUT2D eigenvalue weighted by molar-refractivity contribution is -0.0790. The first-order chi connectivity index (χ1) is 9.75. The summed E-state index contributed by atoms with van der Waals surface area (Å²) in [5.41, 5.74) is 0.925. The lowest BCUT2D eigenvalue weighted by Crippen LogP contribution is -2.31. The molecular weight excluding hydrogens is 284 g/mol. The predicted octanol–water partition coefficient (Wildman–Crippen LogP) is 3.49. The molecule has 0 saturated carbocycles. The second-order valence-corrected chi connectivity index (χ2v) is 12.3. The molecule has 0 bridgehead atoms. The van der Waals surface area contributed by atoms with Crippen LogP contribution in [0.1, 0.15) is 12.5 Å². The van der Waals surface area contributed by atoms with Gasteiger partial charge in [0.05, 0.1) is 0 Å². The summed E-state index contributed by atoms with van der Waals surface area (Å²) < 4.78 is 16.6. The van der Waals surface area contributed by atoms with Gasteiger partial charge >= 0.3 is 0 Å². The molecule has 1 atom stereocenters. The van der Waals surface area contributed by atoms with Gasteiger partial charge in [-0.2, -0.15) is 0 Å². The fraction of sp³-hybridized carbons (Fsp3) is 0.500. The highest BCUT2D eigenvalue weighted by molar-refractivity contribution is 6.76. The number of benzene rings is 1. The molecule has 1 aliphatic rings. The molecule has 5 heteroatoms. The Kier molecular flexibility index (Phi) is 4.76. The minimum Gasteiger partial charge on any atom is -0.467 e. The van der Waals surface area contributed by atoms with Crippen LogP contribution in [-0.2, 0) is 4.74 Å². The standard InChI is InChI=1S/C16H24O4Si/c1-16(17)8-7-13-5-6-14(11-15(13)20-16)19-12-18-9-10-21(2,3)4/h5-8,11,17H,9-10,12H2,1-4H3. The fourth-order valence-corrected chi connectivity index (χ4v) is 2.64. The van der Waals surface area contributed by atoms with Gasteiger partial charge in [0.25, 0.3) is 0 Å². The Hall–Kier alpha value is -1.30. The van der Waals surface area contributed by atoms with Crippen molar-refractivity contribution < 1.29 is 19.3 Å². The third-order valence-corrected chi connectivity index (χ3v) is 4.88. The largest absolute Gasteiger partial charge is 0.467 e. The predicted molar refractivity (Wildman–Crippen MR) is 86.3 cm³/mol. The van der Waals surface area contributed by atoms with Gasteiger partial charge in [-0.1, -0.05) is 19.6 Å². The third-order valence-electron chi connectivity index (χ3n) is 3.18. The fourth-order valence-electron chi connectivity index (χ4n) is 1.88. The van der Waals surface area contributed by atoms with Gasteiger partial charge in [-0.05, 0) is 30.3 Å². The second-order valence-electron chi connectivity index (χ2n) is 6.67. The Bertz CT molecular complexity index is 517. The van der Waals surface area contributed by atoms with Crippen molar-refractivity contribution in [1.82, 2.24) is 0 Å². The van der Waals surface area contributed by atoms with Gasteiger partial charge in [-0.25, -0.2) is 0 Å². The molecule has 1 N–H and O–H groups in total. The van der Waals surface area contributed by atoms with Gasteiger partial charge in [0.2, 0.25) is 5.79 Å². The molecule has 0 amide bonds. The zero-order valence-corrected chi connectivity index (χ0v) is 14.2. The molecule has 2 rings (SSSR count). The lowest BCUT2D eigenvalue weighted by Gasteiger charge is -2.26. The van der Waals surface area contributed by atoms with E-state index in [0.717, 1.165) is 18.2 Å². The van der Waals surface area contributed by atoms with Crippen LogP contribution in [-0.4, -0.2) is 32.4 Å². The zero-order valence-electron chi connectivity index (χ0n) is 13.2. The van der Waals surface area contributed by atoms with Crippen molar-refractivity contribution >= 4 is 14.1 Å². The Balaban J connectivity index is 1.85. The monoisotopic (exact) mass is 308 g/mol. The van der Waals surface area contributed by atoms with E-state index in [4.69, 9.17) is 14.2 Å². The van der Waals surface area contributed by atoms with E-state index in [0.29, 0.717) is 11.5 Å². The molecule has 4 nitrogen and oxygen atoms in total. The molecule has 116 valence electrons. The molecule has 0 radical (unpaired) electrons. The van der Waals surface area contributed by atoms with Gasteiger partial charge in [0.15, 0.2) is 6.79 Å². The summed E-state index contributed by atoms with van der Waals surface area (Å²) in [4.78, 5) is 0. The summed E-state index contributed by atoms with van der Waals surface area (Å²) in [5, 5.41) is 9.86. The van der Waals surface area contributed by atoms with Gasteiger partial charge in [-0.3, -0.25) is 0 Å². The summed E-state index contributed by atoms with van der Waals surface area (Å²) in [6.45, 7) is 9.51. The molecular formula is C16H24O4Si. The van der Waals surface area contributed by atoms with Gasteiger partial charge < -0.3 is 19.3 Å². The van der Waals surface area contributed by atoms with Crippen LogP contribution in [0.5, 0.6) is 11.5 Å². The molecule has 0 aliphatic carbocycles. The molecule has 1 aliphatic heterocycles. The quantitative estimate of drug-likeness (QED) is 0.496. The van der Waals surface area contributed by atoms with E-state index in [1.54, 1.807) is 19.1 Å². The topological polar surface area (TPSA) is 47.9 Å². The number of hydrogen-bond acceptors (Lipinski definition) is 4. The zero-order chi connectivity index (χ0) is 15.5. The van der Waals surface area contributed by atoms with E-state index >= 15 is 0 Å². The SMILES string of the molecule is CC1(O)C=Cc2ccc(OCOCC[Si](C)(C)C)cc2O1. The summed E-state index contributed by atoms with van der Waals surface area (Å²) in [5.74, 6) is 0.0226. The van der Waals surface area contributed by atoms with E-state index in [1.165, 1.54) is 0 Å². The summed E-state index contributed by atoms with van der Waals surface area (Å²) >= 11 is 0. The second kappa shape index (κ2) is 6.21. The van der Waals surface area contributed by atoms with Crippen LogP contribution >= 0.6 is 0 Å². The number of hydrogen-bond donors (Lipinski definition) is 1. The normalized spacial score (nSPS) is 20.8. The highest BCUT2D eigenvalue weighted by Gasteiger charge is 2.23. The molecule has 0 saturated heterocycles. The van der Waals surface area contributed by atoms with Crippen molar-refractivity contribution in [2.24, 2.45) is 0 Å². The Morgan fingerprint density at radius 1 is 1.29 bits per heavy atom. The molecule has 1 aromatic rings. The van der Waals surface area contributed by atoms with Crippen LogP contribution < -0.4 is 9.47 Å². The van der Waals surface area contributed by atoms with Crippen molar-refractivity contribution in [2.75, 3.05) is 13.4 Å². The molecule has 0 fully saturated rings. The van der Waals surface area contributed by atoms with Crippen LogP contribution in [0.4, 0.5) is 0 Å². The summed E-state index contributed by atoms with van der Waals surface area (Å²) in [7, 11) is -1.06. The molecule has 0 spiro atoms. The van der Waals surface area contributed by atoms with E-state index in [1.807, 2.05) is 18.2 Å². The highest BCUT2D eigenvalue weighted by atomic mass is 28.3. The first-order valence-electron chi connectivity index (χ1n) is 7.20. The number of ether oxygens (including phenoxy) is 3. The smallest absolute Gasteiger partial charge is 0.225 e. The molecule has 1 heterocycles. The molecule has 1 aromatic carbocycles. The van der Waals surface area contributed by atoms with E-state index in [2.05, 4.69) is 19.6 Å². The first kappa shape index (κ1) is 16.1. The van der Waals surface area contributed by atoms with Crippen molar-refractivity contribution in [3.8, 4) is 11.5 Å². The summed E-state index contributed by atoms with van der Waals surface area (Å²) in [6, 6.07) is 6.67. The molecule has 0 aromatic heterocycles. The van der Waals surface area contributed by atoms with Crippen LogP contribution in [0.2, 0.25) is 25.7 Å². The van der Waals surface area contributed by atoms with Crippen LogP contribution in [0.25, 0.3) is 6.08 Å². The Labute approximate surface area is 127 Å². The lowest BCUT2D eigenvalue weighted by atomic mass is 10.1. The van der Waals surface area contributed by atoms with Crippen molar-refractivity contribution in [3.63, 3.8) is 0 Å². The maximum Gasteiger partial charge on any atom is 0.225 e. The van der Waals surface area contributed by atoms with Crippen molar-refractivity contribution in [2.45, 2.75) is 38.4 Å². The molecule has 1 unspecified atom stereocenters. The Morgan fingerprint density at radius 2 is 2.05 bits per heavy atom. The minimum atomic E-state index is -1.26. The van der Waals surface area contributed by atoms with E-state index in [9.17, 15) is 5.11 Å². The van der Waals surface area contributed by atoms with Crippen molar-refractivity contribution in [3.05, 3.63) is 29.8 Å². The van der Waals surface area contributed by atoms with Crippen molar-refractivity contribution in [1.29, 1.82) is 0 Å². The van der Waals surface area contributed by atoms with Crippen LogP contribution in [0.3, 0.4) is 0 Å². The maximum absolute atomic E-state index is 9.86. The maximum atomic E-state index is 9.86. The van der Waals surface area contributed by atoms with Gasteiger partial charge in [-0.15, -0.1) is 0 Å². The van der Waals surface area contributed by atoms with Crippen LogP contribution in [0.15, 0.2) is 24.3 Å². The minimum absolute atomic E-state index is 0.232. The van der Waals surface area contributed by atoms with Gasteiger partial charge in [0.1, 0.15) is 11.5 Å². The first-order valence-corrected chi connectivity index (χ1v) is 10.9. The number of rotatable bonds is 6. The average Bonchev–Trinajstić information content (AvgIpc) is 2.35. The third kappa shape index (κ3) is 5.19. The Morgan fingerprint density at radius 3 is 2.76 bits per heavy atom. The molecule has 21 heavy (non-hydrogen) atoms. The van der Waals surface area contributed by atoms with Crippen LogP contribution in [0, 0.1) is 0 Å². The van der Waals surface area contributed by atoms with E-state index in [-0.39, 0.29) is 6.79 Å². The van der Waals surface area contributed by atoms with E-state index < -0.39 is 13.9 Å². The van der Waals surface area contributed by atoms with Gasteiger partial charge in [0, 0.05) is 33.2 Å².